The van der Waals surface area contributed by atoms with E-state index in [9.17, 15) is 4.79 Å². The minimum absolute atomic E-state index is 0.0723. The number of ether oxygens (including phenoxy) is 1. The molecule has 0 spiro atoms. The SMILES string of the molecule is O=C(OCc1ccccc1)C(I)C1CCC=C1I. The van der Waals surface area contributed by atoms with Gasteiger partial charge in [0.2, 0.25) is 0 Å². The number of rotatable bonds is 4. The zero-order chi connectivity index (χ0) is 13.0. The number of hydrogen-bond donors (Lipinski definition) is 0. The van der Waals surface area contributed by atoms with Crippen LogP contribution in [0.2, 0.25) is 0 Å². The number of esters is 1. The highest BCUT2D eigenvalue weighted by atomic mass is 127. The number of halogens is 2. The van der Waals surface area contributed by atoms with Crippen LogP contribution in [-0.4, -0.2) is 9.89 Å². The lowest BCUT2D eigenvalue weighted by molar-refractivity contribution is -0.144. The summed E-state index contributed by atoms with van der Waals surface area (Å²) in [5, 5.41) is 0. The maximum absolute atomic E-state index is 12.0. The normalized spacial score (nSPS) is 20.3. The lowest BCUT2D eigenvalue weighted by Gasteiger charge is -2.17. The zero-order valence-electron chi connectivity index (χ0n) is 9.81. The Morgan fingerprint density at radius 1 is 1.39 bits per heavy atom. The number of allylic oxidation sites excluding steroid dienone is 2. The first kappa shape index (κ1) is 14.3. The van der Waals surface area contributed by atoms with Gasteiger partial charge in [-0.2, -0.15) is 0 Å². The highest BCUT2D eigenvalue weighted by Gasteiger charge is 2.31. The molecular formula is C14H14I2O2. The standard InChI is InChI=1S/C14H14I2O2/c15-12-8-4-7-11(12)13(16)14(17)18-9-10-5-2-1-3-6-10/h1-3,5-6,8,11,13H,4,7,9H2. The lowest BCUT2D eigenvalue weighted by atomic mass is 10.1. The molecule has 2 nitrogen and oxygen atoms in total. The second-order valence-corrected chi connectivity index (χ2v) is 6.86. The monoisotopic (exact) mass is 468 g/mol. The van der Waals surface area contributed by atoms with Crippen LogP contribution in [-0.2, 0) is 16.1 Å². The number of alkyl halides is 1. The van der Waals surface area contributed by atoms with E-state index in [4.69, 9.17) is 4.74 Å². The zero-order valence-corrected chi connectivity index (χ0v) is 14.1. The molecule has 0 saturated heterocycles. The molecule has 0 saturated carbocycles. The molecule has 1 aromatic carbocycles. The highest BCUT2D eigenvalue weighted by molar-refractivity contribution is 14.1. The Balaban J connectivity index is 1.86. The average Bonchev–Trinajstić information content (AvgIpc) is 2.82. The molecule has 96 valence electrons. The van der Waals surface area contributed by atoms with Gasteiger partial charge < -0.3 is 4.74 Å². The van der Waals surface area contributed by atoms with E-state index in [1.807, 2.05) is 30.3 Å². The molecule has 0 aromatic heterocycles. The van der Waals surface area contributed by atoms with Crippen LogP contribution in [0.25, 0.3) is 0 Å². The van der Waals surface area contributed by atoms with Crippen molar-refractivity contribution in [2.75, 3.05) is 0 Å². The van der Waals surface area contributed by atoms with Crippen LogP contribution in [0.4, 0.5) is 0 Å². The van der Waals surface area contributed by atoms with Crippen molar-refractivity contribution in [1.82, 2.24) is 0 Å². The Morgan fingerprint density at radius 3 is 2.72 bits per heavy atom. The summed E-state index contributed by atoms with van der Waals surface area (Å²) in [4.78, 5) is 12.0. The number of hydrogen-bond acceptors (Lipinski definition) is 2. The predicted molar refractivity (Wildman–Crippen MR) is 88.9 cm³/mol. The number of carbonyl (C=O) groups is 1. The van der Waals surface area contributed by atoms with E-state index in [-0.39, 0.29) is 9.89 Å². The number of benzene rings is 1. The van der Waals surface area contributed by atoms with Gasteiger partial charge in [0.05, 0.1) is 0 Å². The topological polar surface area (TPSA) is 26.3 Å². The Kier molecular flexibility index (Phi) is 5.47. The fourth-order valence-electron chi connectivity index (χ4n) is 1.95. The molecule has 1 aliphatic carbocycles. The summed E-state index contributed by atoms with van der Waals surface area (Å²) in [5.41, 5.74) is 1.03. The average molecular weight is 468 g/mol. The minimum atomic E-state index is -0.103. The second kappa shape index (κ2) is 6.88. The summed E-state index contributed by atoms with van der Waals surface area (Å²) in [5.74, 6) is 0.239. The first-order chi connectivity index (χ1) is 8.68. The molecule has 0 fully saturated rings. The van der Waals surface area contributed by atoms with Crippen molar-refractivity contribution < 1.29 is 9.53 Å². The van der Waals surface area contributed by atoms with E-state index in [0.29, 0.717) is 12.5 Å². The van der Waals surface area contributed by atoms with Crippen LogP contribution < -0.4 is 0 Å². The molecule has 0 radical (unpaired) electrons. The molecule has 4 heteroatoms. The van der Waals surface area contributed by atoms with Gasteiger partial charge in [-0.05, 0) is 44.6 Å². The van der Waals surface area contributed by atoms with Gasteiger partial charge in [-0.1, -0.05) is 59.0 Å². The third-order valence-electron chi connectivity index (χ3n) is 2.97. The summed E-state index contributed by atoms with van der Waals surface area (Å²) in [6, 6.07) is 9.79. The van der Waals surface area contributed by atoms with Crippen molar-refractivity contribution in [3.8, 4) is 0 Å². The molecule has 0 heterocycles. The van der Waals surface area contributed by atoms with Gasteiger partial charge in [0.25, 0.3) is 0 Å². The summed E-state index contributed by atoms with van der Waals surface area (Å²) < 4.78 is 6.60. The molecule has 18 heavy (non-hydrogen) atoms. The fourth-order valence-corrected chi connectivity index (χ4v) is 4.55. The highest BCUT2D eigenvalue weighted by Crippen LogP contribution is 2.36. The fraction of sp³-hybridized carbons (Fsp3) is 0.357. The van der Waals surface area contributed by atoms with Gasteiger partial charge in [-0.15, -0.1) is 0 Å². The summed E-state index contributed by atoms with van der Waals surface area (Å²) in [7, 11) is 0. The van der Waals surface area contributed by atoms with E-state index in [0.717, 1.165) is 18.4 Å². The van der Waals surface area contributed by atoms with Gasteiger partial charge in [0, 0.05) is 5.92 Å². The number of carbonyl (C=O) groups excluding carboxylic acids is 1. The summed E-state index contributed by atoms with van der Waals surface area (Å²) in [6.45, 7) is 0.367. The van der Waals surface area contributed by atoms with Crippen molar-refractivity contribution in [2.45, 2.75) is 23.4 Å². The molecule has 0 aliphatic heterocycles. The van der Waals surface area contributed by atoms with Gasteiger partial charge in [-0.25, -0.2) is 0 Å². The maximum Gasteiger partial charge on any atom is 0.319 e. The van der Waals surface area contributed by atoms with Crippen LogP contribution in [0.3, 0.4) is 0 Å². The molecule has 0 amide bonds. The largest absolute Gasteiger partial charge is 0.460 e. The lowest BCUT2D eigenvalue weighted by Crippen LogP contribution is -2.24. The summed E-state index contributed by atoms with van der Waals surface area (Å²) >= 11 is 4.54. The Bertz CT molecular complexity index is 442. The maximum atomic E-state index is 12.0. The molecule has 1 aliphatic rings. The summed E-state index contributed by atoms with van der Waals surface area (Å²) in [6.07, 6.45) is 4.35. The van der Waals surface area contributed by atoms with Crippen molar-refractivity contribution in [1.29, 1.82) is 0 Å². The van der Waals surface area contributed by atoms with Crippen LogP contribution in [0.5, 0.6) is 0 Å². The van der Waals surface area contributed by atoms with E-state index in [2.05, 4.69) is 51.3 Å². The minimum Gasteiger partial charge on any atom is -0.460 e. The van der Waals surface area contributed by atoms with Crippen LogP contribution >= 0.6 is 45.2 Å². The quantitative estimate of drug-likeness (QED) is 0.375. The van der Waals surface area contributed by atoms with Gasteiger partial charge in [0.15, 0.2) is 0 Å². The molecule has 2 atom stereocenters. The van der Waals surface area contributed by atoms with E-state index in [1.165, 1.54) is 3.58 Å². The third kappa shape index (κ3) is 3.69. The molecular weight excluding hydrogens is 454 g/mol. The van der Waals surface area contributed by atoms with Crippen molar-refractivity contribution >= 4 is 51.2 Å². The molecule has 0 N–H and O–H groups in total. The third-order valence-corrected chi connectivity index (χ3v) is 5.59. The van der Waals surface area contributed by atoms with Gasteiger partial charge >= 0.3 is 5.97 Å². The molecule has 2 unspecified atom stereocenters. The van der Waals surface area contributed by atoms with Gasteiger partial charge in [-0.3, -0.25) is 4.79 Å². The molecule has 0 bridgehead atoms. The first-order valence-corrected chi connectivity index (χ1v) is 8.21. The molecule has 2 rings (SSSR count). The Labute approximate surface area is 134 Å². The van der Waals surface area contributed by atoms with Crippen LogP contribution in [0.1, 0.15) is 18.4 Å². The van der Waals surface area contributed by atoms with E-state index >= 15 is 0 Å². The van der Waals surface area contributed by atoms with E-state index < -0.39 is 0 Å². The second-order valence-electron chi connectivity index (χ2n) is 4.27. The van der Waals surface area contributed by atoms with Crippen molar-refractivity contribution in [3.05, 3.63) is 45.6 Å². The van der Waals surface area contributed by atoms with Crippen LogP contribution in [0, 0.1) is 5.92 Å². The predicted octanol–water partition coefficient (Wildman–Crippen LogP) is 4.26. The Hall–Kier alpha value is -0.110. The van der Waals surface area contributed by atoms with Crippen molar-refractivity contribution in [2.24, 2.45) is 5.92 Å². The van der Waals surface area contributed by atoms with Crippen molar-refractivity contribution in [3.63, 3.8) is 0 Å². The van der Waals surface area contributed by atoms with Gasteiger partial charge in [0.1, 0.15) is 10.5 Å². The van der Waals surface area contributed by atoms with E-state index in [1.54, 1.807) is 0 Å². The first-order valence-electron chi connectivity index (χ1n) is 5.88. The molecule has 1 aromatic rings. The smallest absolute Gasteiger partial charge is 0.319 e. The van der Waals surface area contributed by atoms with Crippen LogP contribution in [0.15, 0.2) is 40.0 Å². The Morgan fingerprint density at radius 2 is 2.11 bits per heavy atom.